The summed E-state index contributed by atoms with van der Waals surface area (Å²) in [4.78, 5) is 14.6. The Balaban J connectivity index is 2.23. The highest BCUT2D eigenvalue weighted by atomic mass is 16.6. The summed E-state index contributed by atoms with van der Waals surface area (Å²) in [6.45, 7) is 2.43. The summed E-state index contributed by atoms with van der Waals surface area (Å²) >= 11 is 0. The maximum absolute atomic E-state index is 11.0. The third-order valence-electron chi connectivity index (χ3n) is 3.03. The molecule has 2 rings (SSSR count). The van der Waals surface area contributed by atoms with Crippen LogP contribution in [0.15, 0.2) is 18.3 Å². The Kier molecular flexibility index (Phi) is 4.36. The second-order valence-electron chi connectivity index (χ2n) is 4.46. The fourth-order valence-electron chi connectivity index (χ4n) is 2.03. The Labute approximate surface area is 121 Å². The van der Waals surface area contributed by atoms with Crippen LogP contribution in [-0.2, 0) is 20.0 Å². The molecule has 0 spiro atoms. The summed E-state index contributed by atoms with van der Waals surface area (Å²) < 4.78 is 6.73. The van der Waals surface area contributed by atoms with Gasteiger partial charge in [0.05, 0.1) is 17.7 Å². The van der Waals surface area contributed by atoms with Gasteiger partial charge in [-0.1, -0.05) is 6.92 Å². The molecule has 8 heteroatoms. The number of hydrogen-bond donors (Lipinski definition) is 1. The third-order valence-corrected chi connectivity index (χ3v) is 3.03. The monoisotopic (exact) mass is 291 g/mol. The number of anilines is 1. The van der Waals surface area contributed by atoms with E-state index in [4.69, 9.17) is 4.74 Å². The van der Waals surface area contributed by atoms with Gasteiger partial charge < -0.3 is 10.1 Å². The molecule has 0 aromatic carbocycles. The predicted molar refractivity (Wildman–Crippen MR) is 77.4 cm³/mol. The van der Waals surface area contributed by atoms with Crippen LogP contribution >= 0.6 is 0 Å². The summed E-state index contributed by atoms with van der Waals surface area (Å²) in [6, 6.07) is 2.84. The highest BCUT2D eigenvalue weighted by Crippen LogP contribution is 2.25. The van der Waals surface area contributed by atoms with E-state index >= 15 is 0 Å². The number of hydrogen-bond acceptors (Lipinski definition) is 6. The zero-order valence-corrected chi connectivity index (χ0v) is 12.2. The maximum atomic E-state index is 11.0. The smallest absolute Gasteiger partial charge is 0.311 e. The fraction of sp³-hybridized carbons (Fsp3) is 0.385. The van der Waals surface area contributed by atoms with Gasteiger partial charge in [0.25, 0.3) is 0 Å². The number of aromatic nitrogens is 3. The molecular formula is C13H17N5O3. The molecule has 0 amide bonds. The molecule has 0 radical (unpaired) electrons. The minimum absolute atomic E-state index is 0.0854. The van der Waals surface area contributed by atoms with E-state index in [-0.39, 0.29) is 11.5 Å². The van der Waals surface area contributed by atoms with E-state index in [9.17, 15) is 10.1 Å². The number of methoxy groups -OCH3 is 1. The van der Waals surface area contributed by atoms with E-state index < -0.39 is 4.92 Å². The van der Waals surface area contributed by atoms with E-state index in [1.807, 2.05) is 20.2 Å². The van der Waals surface area contributed by atoms with Crippen LogP contribution in [0, 0.1) is 10.1 Å². The summed E-state index contributed by atoms with van der Waals surface area (Å²) in [5, 5.41) is 18.3. The summed E-state index contributed by atoms with van der Waals surface area (Å²) in [6.07, 6.45) is 2.68. The second-order valence-corrected chi connectivity index (χ2v) is 4.46. The minimum Gasteiger partial charge on any atom is -0.481 e. The van der Waals surface area contributed by atoms with Gasteiger partial charge in [-0.25, -0.2) is 0 Å². The fourth-order valence-corrected chi connectivity index (χ4v) is 2.03. The Morgan fingerprint density at radius 2 is 2.24 bits per heavy atom. The number of nitro groups is 1. The highest BCUT2D eigenvalue weighted by molar-refractivity contribution is 5.57. The Bertz CT molecular complexity index is 653. The van der Waals surface area contributed by atoms with Crippen molar-refractivity contribution in [2.24, 2.45) is 7.05 Å². The van der Waals surface area contributed by atoms with Crippen molar-refractivity contribution in [1.82, 2.24) is 14.8 Å². The zero-order valence-electron chi connectivity index (χ0n) is 12.2. The van der Waals surface area contributed by atoms with Gasteiger partial charge in [0.15, 0.2) is 0 Å². The average Bonchev–Trinajstić information content (AvgIpc) is 2.84. The summed E-state index contributed by atoms with van der Waals surface area (Å²) in [5.74, 6) is 0.509. The highest BCUT2D eigenvalue weighted by Gasteiger charge is 2.17. The number of pyridine rings is 1. The molecule has 0 unspecified atom stereocenters. The molecule has 21 heavy (non-hydrogen) atoms. The van der Waals surface area contributed by atoms with Gasteiger partial charge in [-0.3, -0.25) is 14.8 Å². The molecule has 2 aromatic rings. The third kappa shape index (κ3) is 3.28. The number of rotatable bonds is 6. The van der Waals surface area contributed by atoms with E-state index in [2.05, 4.69) is 15.4 Å². The Morgan fingerprint density at radius 1 is 1.48 bits per heavy atom. The van der Waals surface area contributed by atoms with Crippen molar-refractivity contribution < 1.29 is 9.66 Å². The molecular weight excluding hydrogens is 274 g/mol. The van der Waals surface area contributed by atoms with Crippen molar-refractivity contribution in [3.8, 4) is 5.88 Å². The molecule has 8 nitrogen and oxygen atoms in total. The topological polar surface area (TPSA) is 95.1 Å². The van der Waals surface area contributed by atoms with Crippen molar-refractivity contribution in [1.29, 1.82) is 0 Å². The lowest BCUT2D eigenvalue weighted by molar-refractivity contribution is -0.384. The molecule has 0 aliphatic rings. The molecule has 2 heterocycles. The van der Waals surface area contributed by atoms with Crippen molar-refractivity contribution in [3.05, 3.63) is 39.7 Å². The second kappa shape index (κ2) is 6.21. The van der Waals surface area contributed by atoms with Gasteiger partial charge in [0.2, 0.25) is 11.7 Å². The van der Waals surface area contributed by atoms with Crippen LogP contribution in [0.3, 0.4) is 0 Å². The largest absolute Gasteiger partial charge is 0.481 e. The Hall–Kier alpha value is -2.64. The van der Waals surface area contributed by atoms with E-state index in [1.54, 1.807) is 4.68 Å². The van der Waals surface area contributed by atoms with Crippen molar-refractivity contribution >= 4 is 11.5 Å². The van der Waals surface area contributed by atoms with Gasteiger partial charge >= 0.3 is 5.69 Å². The molecule has 0 aliphatic heterocycles. The molecule has 112 valence electrons. The first-order chi connectivity index (χ1) is 10.0. The maximum Gasteiger partial charge on any atom is 0.311 e. The van der Waals surface area contributed by atoms with Crippen LogP contribution in [0.25, 0.3) is 0 Å². The first-order valence-corrected chi connectivity index (χ1v) is 6.49. The average molecular weight is 291 g/mol. The quantitative estimate of drug-likeness (QED) is 0.645. The van der Waals surface area contributed by atoms with E-state index in [1.165, 1.54) is 19.2 Å². The van der Waals surface area contributed by atoms with E-state index in [0.29, 0.717) is 12.4 Å². The molecule has 0 aliphatic carbocycles. The van der Waals surface area contributed by atoms with Crippen LogP contribution in [0.5, 0.6) is 5.88 Å². The normalized spacial score (nSPS) is 10.4. The first-order valence-electron chi connectivity index (χ1n) is 6.49. The zero-order chi connectivity index (χ0) is 15.4. The van der Waals surface area contributed by atoms with Crippen LogP contribution < -0.4 is 10.1 Å². The van der Waals surface area contributed by atoms with E-state index in [0.717, 1.165) is 17.7 Å². The number of ether oxygens (including phenoxy) is 1. The molecule has 0 saturated carbocycles. The van der Waals surface area contributed by atoms with Crippen LogP contribution in [0.4, 0.5) is 11.5 Å². The van der Waals surface area contributed by atoms with Gasteiger partial charge in [-0.2, -0.15) is 10.1 Å². The van der Waals surface area contributed by atoms with Gasteiger partial charge in [0.1, 0.15) is 0 Å². The SMILES string of the molecule is CCc1nn(C)cc1CNc1nc(OC)ccc1[N+](=O)[O-]. The molecule has 0 atom stereocenters. The summed E-state index contributed by atoms with van der Waals surface area (Å²) in [5.41, 5.74) is 1.85. The predicted octanol–water partition coefficient (Wildman–Crippen LogP) is 1.91. The molecule has 0 fully saturated rings. The van der Waals surface area contributed by atoms with Crippen LogP contribution in [0.1, 0.15) is 18.2 Å². The van der Waals surface area contributed by atoms with Gasteiger partial charge in [-0.05, 0) is 6.42 Å². The number of nitrogens with one attached hydrogen (secondary N) is 1. The van der Waals surface area contributed by atoms with Crippen LogP contribution in [-0.4, -0.2) is 26.8 Å². The van der Waals surface area contributed by atoms with Crippen molar-refractivity contribution in [2.75, 3.05) is 12.4 Å². The molecule has 0 bridgehead atoms. The first kappa shape index (κ1) is 14.8. The summed E-state index contributed by atoms with van der Waals surface area (Å²) in [7, 11) is 3.31. The lowest BCUT2D eigenvalue weighted by Crippen LogP contribution is -2.06. The van der Waals surface area contributed by atoms with Crippen molar-refractivity contribution in [3.63, 3.8) is 0 Å². The number of nitrogens with zero attached hydrogens (tertiary/aromatic N) is 4. The standard InChI is InChI=1S/C13H17N5O3/c1-4-10-9(8-17(2)16-10)7-14-13-11(18(19)20)5-6-12(15-13)21-3/h5-6,8H,4,7H2,1-3H3,(H,14,15). The minimum atomic E-state index is -0.473. The molecule has 0 saturated heterocycles. The lowest BCUT2D eigenvalue weighted by atomic mass is 10.2. The van der Waals surface area contributed by atoms with Gasteiger partial charge in [0, 0.05) is 37.5 Å². The molecule has 2 aromatic heterocycles. The lowest BCUT2D eigenvalue weighted by Gasteiger charge is -2.07. The van der Waals surface area contributed by atoms with Crippen molar-refractivity contribution in [2.45, 2.75) is 19.9 Å². The Morgan fingerprint density at radius 3 is 2.86 bits per heavy atom. The van der Waals surface area contributed by atoms with Crippen LogP contribution in [0.2, 0.25) is 0 Å². The number of aryl methyl sites for hydroxylation is 2. The van der Waals surface area contributed by atoms with Gasteiger partial charge in [-0.15, -0.1) is 0 Å². The molecule has 1 N–H and O–H groups in total.